The van der Waals surface area contributed by atoms with Crippen molar-refractivity contribution in [1.82, 2.24) is 0 Å². The third kappa shape index (κ3) is 2.78. The molecule has 0 saturated carbocycles. The molecule has 1 rings (SSSR count). The summed E-state index contributed by atoms with van der Waals surface area (Å²) in [6, 6.07) is 0. The molecule has 1 heterocycles. The standard InChI is InChI=1S/C11H18O4/c1-3-4-7-14-10(13)11(2)9(12)6-5-8-15-11/h3-8H2,1-2H3. The SMILES string of the molecule is CCCCOC(=O)C1(C)OCCCC1=O. The summed E-state index contributed by atoms with van der Waals surface area (Å²) in [4.78, 5) is 23.2. The second kappa shape index (κ2) is 5.26. The monoisotopic (exact) mass is 214 g/mol. The van der Waals surface area contributed by atoms with E-state index in [1.165, 1.54) is 6.92 Å². The molecule has 1 unspecified atom stereocenters. The lowest BCUT2D eigenvalue weighted by Gasteiger charge is -2.29. The third-order valence-corrected chi connectivity index (χ3v) is 2.59. The Morgan fingerprint density at radius 2 is 2.33 bits per heavy atom. The Labute approximate surface area is 89.9 Å². The Hall–Kier alpha value is -0.900. The molecule has 1 atom stereocenters. The maximum Gasteiger partial charge on any atom is 0.345 e. The molecule has 1 aliphatic heterocycles. The third-order valence-electron chi connectivity index (χ3n) is 2.59. The van der Waals surface area contributed by atoms with Crippen LogP contribution in [0.25, 0.3) is 0 Å². The molecule has 15 heavy (non-hydrogen) atoms. The number of rotatable bonds is 4. The van der Waals surface area contributed by atoms with Crippen molar-refractivity contribution in [3.05, 3.63) is 0 Å². The predicted octanol–water partition coefficient (Wildman–Crippen LogP) is 1.47. The van der Waals surface area contributed by atoms with Gasteiger partial charge in [0, 0.05) is 13.0 Å². The quantitative estimate of drug-likeness (QED) is 0.404. The van der Waals surface area contributed by atoms with Crippen molar-refractivity contribution in [2.45, 2.75) is 45.1 Å². The topological polar surface area (TPSA) is 52.6 Å². The van der Waals surface area contributed by atoms with Crippen molar-refractivity contribution in [3.8, 4) is 0 Å². The maximum atomic E-state index is 11.6. The predicted molar refractivity (Wildman–Crippen MR) is 54.5 cm³/mol. The van der Waals surface area contributed by atoms with Crippen molar-refractivity contribution in [1.29, 1.82) is 0 Å². The Kier molecular flexibility index (Phi) is 4.27. The van der Waals surface area contributed by atoms with Crippen LogP contribution in [-0.4, -0.2) is 30.6 Å². The van der Waals surface area contributed by atoms with E-state index in [1.54, 1.807) is 0 Å². The average Bonchev–Trinajstić information content (AvgIpc) is 2.23. The first-order valence-electron chi connectivity index (χ1n) is 5.45. The zero-order chi connectivity index (χ0) is 11.3. The number of carbonyl (C=O) groups excluding carboxylic acids is 2. The van der Waals surface area contributed by atoms with Gasteiger partial charge in [0.25, 0.3) is 0 Å². The van der Waals surface area contributed by atoms with Gasteiger partial charge in [-0.1, -0.05) is 13.3 Å². The molecule has 0 amide bonds. The second-order valence-electron chi connectivity index (χ2n) is 3.90. The maximum absolute atomic E-state index is 11.6. The van der Waals surface area contributed by atoms with E-state index < -0.39 is 11.6 Å². The number of hydrogen-bond acceptors (Lipinski definition) is 4. The molecule has 0 spiro atoms. The summed E-state index contributed by atoms with van der Waals surface area (Å²) in [5, 5.41) is 0. The van der Waals surface area contributed by atoms with Crippen LogP contribution in [0.5, 0.6) is 0 Å². The second-order valence-corrected chi connectivity index (χ2v) is 3.90. The largest absolute Gasteiger partial charge is 0.463 e. The highest BCUT2D eigenvalue weighted by atomic mass is 16.6. The summed E-state index contributed by atoms with van der Waals surface area (Å²) >= 11 is 0. The summed E-state index contributed by atoms with van der Waals surface area (Å²) in [7, 11) is 0. The average molecular weight is 214 g/mol. The van der Waals surface area contributed by atoms with Gasteiger partial charge in [0.05, 0.1) is 6.61 Å². The van der Waals surface area contributed by atoms with E-state index in [0.29, 0.717) is 26.1 Å². The molecule has 1 aliphatic rings. The first-order chi connectivity index (χ1) is 7.11. The molecule has 0 aromatic heterocycles. The van der Waals surface area contributed by atoms with Crippen LogP contribution < -0.4 is 0 Å². The van der Waals surface area contributed by atoms with Crippen LogP contribution in [-0.2, 0) is 19.1 Å². The van der Waals surface area contributed by atoms with Gasteiger partial charge in [-0.3, -0.25) is 4.79 Å². The molecule has 0 bridgehead atoms. The van der Waals surface area contributed by atoms with Crippen molar-refractivity contribution in [2.24, 2.45) is 0 Å². The molecule has 0 aromatic carbocycles. The Morgan fingerprint density at radius 3 is 2.93 bits per heavy atom. The van der Waals surface area contributed by atoms with Crippen LogP contribution in [0.2, 0.25) is 0 Å². The summed E-state index contributed by atoms with van der Waals surface area (Å²) in [5.41, 5.74) is -1.36. The summed E-state index contributed by atoms with van der Waals surface area (Å²) in [5.74, 6) is -0.712. The zero-order valence-electron chi connectivity index (χ0n) is 9.38. The number of unbranched alkanes of at least 4 members (excludes halogenated alkanes) is 1. The Balaban J connectivity index is 2.51. The van der Waals surface area contributed by atoms with Crippen LogP contribution >= 0.6 is 0 Å². The normalized spacial score (nSPS) is 26.4. The number of ketones is 1. The molecular formula is C11H18O4. The number of esters is 1. The minimum absolute atomic E-state index is 0.171. The minimum atomic E-state index is -1.36. The van der Waals surface area contributed by atoms with Gasteiger partial charge < -0.3 is 9.47 Å². The van der Waals surface area contributed by atoms with Crippen LogP contribution in [0.1, 0.15) is 39.5 Å². The molecule has 0 N–H and O–H groups in total. The van der Waals surface area contributed by atoms with Crippen molar-refractivity contribution >= 4 is 11.8 Å². The van der Waals surface area contributed by atoms with Gasteiger partial charge >= 0.3 is 5.97 Å². The van der Waals surface area contributed by atoms with Crippen LogP contribution in [0.15, 0.2) is 0 Å². The van der Waals surface area contributed by atoms with Crippen LogP contribution in [0.3, 0.4) is 0 Å². The lowest BCUT2D eigenvalue weighted by Crippen LogP contribution is -2.50. The molecule has 1 fully saturated rings. The molecule has 0 aromatic rings. The van der Waals surface area contributed by atoms with E-state index in [-0.39, 0.29) is 5.78 Å². The zero-order valence-corrected chi connectivity index (χ0v) is 9.38. The number of ether oxygens (including phenoxy) is 2. The first-order valence-corrected chi connectivity index (χ1v) is 5.45. The smallest absolute Gasteiger partial charge is 0.345 e. The fourth-order valence-electron chi connectivity index (χ4n) is 1.45. The van der Waals surface area contributed by atoms with E-state index in [2.05, 4.69) is 0 Å². The van der Waals surface area contributed by atoms with Gasteiger partial charge in [-0.05, 0) is 19.8 Å². The van der Waals surface area contributed by atoms with Gasteiger partial charge in [-0.2, -0.15) is 0 Å². The minimum Gasteiger partial charge on any atom is -0.463 e. The number of carbonyl (C=O) groups is 2. The van der Waals surface area contributed by atoms with Gasteiger partial charge in [0.2, 0.25) is 5.60 Å². The van der Waals surface area contributed by atoms with Crippen molar-refractivity contribution < 1.29 is 19.1 Å². The highest BCUT2D eigenvalue weighted by molar-refractivity contribution is 6.07. The summed E-state index contributed by atoms with van der Waals surface area (Å²) in [6.45, 7) is 4.33. The summed E-state index contributed by atoms with van der Waals surface area (Å²) in [6.07, 6.45) is 2.87. The van der Waals surface area contributed by atoms with Crippen molar-refractivity contribution in [2.75, 3.05) is 13.2 Å². The molecule has 0 aliphatic carbocycles. The van der Waals surface area contributed by atoms with E-state index in [9.17, 15) is 9.59 Å². The molecule has 0 radical (unpaired) electrons. The molecule has 86 valence electrons. The first kappa shape index (κ1) is 12.2. The summed E-state index contributed by atoms with van der Waals surface area (Å²) < 4.78 is 10.3. The van der Waals surface area contributed by atoms with E-state index >= 15 is 0 Å². The highest BCUT2D eigenvalue weighted by Crippen LogP contribution is 2.22. The van der Waals surface area contributed by atoms with Gasteiger partial charge in [-0.25, -0.2) is 4.79 Å². The van der Waals surface area contributed by atoms with Crippen LogP contribution in [0, 0.1) is 0 Å². The lowest BCUT2D eigenvalue weighted by atomic mass is 9.94. The van der Waals surface area contributed by atoms with Gasteiger partial charge in [0.1, 0.15) is 0 Å². The lowest BCUT2D eigenvalue weighted by molar-refractivity contribution is -0.179. The molecule has 4 nitrogen and oxygen atoms in total. The Bertz CT molecular complexity index is 249. The van der Waals surface area contributed by atoms with Crippen molar-refractivity contribution in [3.63, 3.8) is 0 Å². The van der Waals surface area contributed by atoms with E-state index in [4.69, 9.17) is 9.47 Å². The fourth-order valence-corrected chi connectivity index (χ4v) is 1.45. The number of Topliss-reactive ketones (excluding diaryl/α,β-unsaturated/α-hetero) is 1. The van der Waals surface area contributed by atoms with E-state index in [0.717, 1.165) is 12.8 Å². The number of hydrogen-bond donors (Lipinski definition) is 0. The molecular weight excluding hydrogens is 196 g/mol. The van der Waals surface area contributed by atoms with E-state index in [1.807, 2.05) is 6.92 Å². The van der Waals surface area contributed by atoms with Gasteiger partial charge in [0.15, 0.2) is 5.78 Å². The molecule has 1 saturated heterocycles. The molecule has 4 heteroatoms. The van der Waals surface area contributed by atoms with Crippen LogP contribution in [0.4, 0.5) is 0 Å². The highest BCUT2D eigenvalue weighted by Gasteiger charge is 2.45. The fraction of sp³-hybridized carbons (Fsp3) is 0.818. The van der Waals surface area contributed by atoms with Gasteiger partial charge in [-0.15, -0.1) is 0 Å². The Morgan fingerprint density at radius 1 is 1.60 bits per heavy atom.